The summed E-state index contributed by atoms with van der Waals surface area (Å²) in [6, 6.07) is 21.1. The first-order chi connectivity index (χ1) is 16.0. The van der Waals surface area contributed by atoms with Gasteiger partial charge < -0.3 is 14.6 Å². The molecular weight excluding hydrogens is 420 g/mol. The summed E-state index contributed by atoms with van der Waals surface area (Å²) in [7, 11) is 2.95. The average Bonchev–Trinajstić information content (AvgIpc) is 3.13. The number of hydrogen-bond acceptors (Lipinski definition) is 6. The Hall–Kier alpha value is -4.57. The molecule has 1 fully saturated rings. The number of carbonyl (C=O) groups excluding carboxylic acids is 2. The molecule has 0 spiro atoms. The quantitative estimate of drug-likeness (QED) is 0.363. The maximum absolute atomic E-state index is 13.3. The summed E-state index contributed by atoms with van der Waals surface area (Å²) in [6.45, 7) is 0. The SMILES string of the molecule is COc1ccccc1/C(O)=C1\C(=O)C(=O)N(c2ccc(C#N)cc2)C1c1ccccc1OC. The number of hydrogen-bond donors (Lipinski definition) is 1. The molecule has 3 aromatic carbocycles. The summed E-state index contributed by atoms with van der Waals surface area (Å²) in [5, 5.41) is 20.4. The lowest BCUT2D eigenvalue weighted by atomic mass is 9.94. The Kier molecular flexibility index (Phi) is 5.83. The van der Waals surface area contributed by atoms with E-state index in [9.17, 15) is 14.7 Å². The number of Topliss-reactive ketones (excluding diaryl/α,β-unsaturated/α-hetero) is 1. The second kappa shape index (κ2) is 8.89. The van der Waals surface area contributed by atoms with Crippen LogP contribution < -0.4 is 14.4 Å². The molecule has 4 rings (SSSR count). The number of aliphatic hydroxyl groups is 1. The van der Waals surface area contributed by atoms with E-state index in [-0.39, 0.29) is 16.9 Å². The zero-order valence-electron chi connectivity index (χ0n) is 18.0. The predicted octanol–water partition coefficient (Wildman–Crippen LogP) is 4.20. The highest BCUT2D eigenvalue weighted by atomic mass is 16.5. The summed E-state index contributed by atoms with van der Waals surface area (Å²) < 4.78 is 10.9. The minimum atomic E-state index is -0.959. The standard InChI is InChI=1S/C26H20N2O5/c1-32-20-9-5-3-7-18(20)23-22(24(29)19-8-4-6-10-21(19)33-2)25(30)26(31)28(23)17-13-11-16(15-27)12-14-17/h3-14,23,29H,1-2H3/b24-22+. The number of rotatable bonds is 5. The smallest absolute Gasteiger partial charge is 0.300 e. The molecule has 3 aromatic rings. The third kappa shape index (κ3) is 3.68. The number of aliphatic hydroxyl groups excluding tert-OH is 1. The van der Waals surface area contributed by atoms with Gasteiger partial charge in [0.25, 0.3) is 11.7 Å². The number of ketones is 1. The van der Waals surface area contributed by atoms with E-state index in [0.717, 1.165) is 0 Å². The van der Waals surface area contributed by atoms with Crippen LogP contribution >= 0.6 is 0 Å². The molecule has 7 heteroatoms. The summed E-state index contributed by atoms with van der Waals surface area (Å²) in [5.41, 5.74) is 1.56. The van der Waals surface area contributed by atoms with E-state index >= 15 is 0 Å². The van der Waals surface area contributed by atoms with Crippen LogP contribution in [0.15, 0.2) is 78.4 Å². The van der Waals surface area contributed by atoms with Crippen molar-refractivity contribution in [1.29, 1.82) is 5.26 Å². The fourth-order valence-electron chi connectivity index (χ4n) is 3.97. The first-order valence-electron chi connectivity index (χ1n) is 10.1. The van der Waals surface area contributed by atoms with Crippen molar-refractivity contribution < 1.29 is 24.2 Å². The van der Waals surface area contributed by atoms with Crippen molar-refractivity contribution in [2.45, 2.75) is 6.04 Å². The van der Waals surface area contributed by atoms with Gasteiger partial charge in [0.1, 0.15) is 17.3 Å². The molecule has 0 bridgehead atoms. The van der Waals surface area contributed by atoms with Crippen molar-refractivity contribution in [2.24, 2.45) is 0 Å². The molecule has 0 aliphatic carbocycles. The Morgan fingerprint density at radius 2 is 1.52 bits per heavy atom. The zero-order valence-corrected chi connectivity index (χ0v) is 18.0. The summed E-state index contributed by atoms with van der Waals surface area (Å²) in [6.07, 6.45) is 0. The van der Waals surface area contributed by atoms with E-state index in [1.165, 1.54) is 19.1 Å². The molecular formula is C26H20N2O5. The Morgan fingerprint density at radius 3 is 2.15 bits per heavy atom. The molecule has 1 aliphatic heterocycles. The number of anilines is 1. The Morgan fingerprint density at radius 1 is 0.909 bits per heavy atom. The molecule has 1 N–H and O–H groups in total. The lowest BCUT2D eigenvalue weighted by molar-refractivity contribution is -0.132. The molecule has 1 amide bonds. The van der Waals surface area contributed by atoms with Gasteiger partial charge in [0.15, 0.2) is 0 Å². The molecule has 1 saturated heterocycles. The van der Waals surface area contributed by atoms with Gasteiger partial charge in [0.05, 0.1) is 43.0 Å². The molecule has 7 nitrogen and oxygen atoms in total. The fraction of sp³-hybridized carbons (Fsp3) is 0.115. The van der Waals surface area contributed by atoms with Crippen molar-refractivity contribution in [1.82, 2.24) is 0 Å². The van der Waals surface area contributed by atoms with Gasteiger partial charge in [0.2, 0.25) is 0 Å². The Bertz CT molecular complexity index is 1300. The average molecular weight is 440 g/mol. The number of carbonyl (C=O) groups is 2. The van der Waals surface area contributed by atoms with Gasteiger partial charge >= 0.3 is 0 Å². The fourth-order valence-corrected chi connectivity index (χ4v) is 3.97. The van der Waals surface area contributed by atoms with E-state index < -0.39 is 17.7 Å². The minimum absolute atomic E-state index is 0.0849. The zero-order chi connectivity index (χ0) is 23.5. The molecule has 1 aliphatic rings. The van der Waals surface area contributed by atoms with Crippen LogP contribution in [0, 0.1) is 11.3 Å². The number of amides is 1. The number of para-hydroxylation sites is 2. The lowest BCUT2D eigenvalue weighted by Crippen LogP contribution is -2.29. The highest BCUT2D eigenvalue weighted by Gasteiger charge is 2.48. The first kappa shape index (κ1) is 21.7. The minimum Gasteiger partial charge on any atom is -0.507 e. The third-order valence-electron chi connectivity index (χ3n) is 5.51. The van der Waals surface area contributed by atoms with Crippen LogP contribution in [0.25, 0.3) is 5.76 Å². The van der Waals surface area contributed by atoms with Crippen molar-refractivity contribution >= 4 is 23.1 Å². The summed E-state index contributed by atoms with van der Waals surface area (Å²) in [5.74, 6) is -1.17. The highest BCUT2D eigenvalue weighted by Crippen LogP contribution is 2.45. The van der Waals surface area contributed by atoms with Gasteiger partial charge in [-0.1, -0.05) is 30.3 Å². The maximum Gasteiger partial charge on any atom is 0.300 e. The number of nitrogens with zero attached hydrogens (tertiary/aromatic N) is 2. The van der Waals surface area contributed by atoms with Crippen molar-refractivity contribution in [2.75, 3.05) is 19.1 Å². The second-order valence-corrected chi connectivity index (χ2v) is 7.27. The van der Waals surface area contributed by atoms with Crippen molar-refractivity contribution in [3.8, 4) is 17.6 Å². The second-order valence-electron chi connectivity index (χ2n) is 7.27. The molecule has 33 heavy (non-hydrogen) atoms. The van der Waals surface area contributed by atoms with Crippen LogP contribution in [-0.4, -0.2) is 31.0 Å². The molecule has 0 aromatic heterocycles. The first-order valence-corrected chi connectivity index (χ1v) is 10.1. The van der Waals surface area contributed by atoms with Crippen LogP contribution in [0.4, 0.5) is 5.69 Å². The maximum atomic E-state index is 13.3. The molecule has 0 saturated carbocycles. The van der Waals surface area contributed by atoms with E-state index in [4.69, 9.17) is 14.7 Å². The van der Waals surface area contributed by atoms with Crippen LogP contribution in [0.1, 0.15) is 22.7 Å². The topological polar surface area (TPSA) is 99.9 Å². The van der Waals surface area contributed by atoms with Gasteiger partial charge in [-0.05, 0) is 42.5 Å². The van der Waals surface area contributed by atoms with Gasteiger partial charge in [-0.3, -0.25) is 14.5 Å². The number of nitriles is 1. The highest BCUT2D eigenvalue weighted by molar-refractivity contribution is 6.51. The molecule has 1 heterocycles. The number of ether oxygens (including phenoxy) is 2. The largest absolute Gasteiger partial charge is 0.507 e. The lowest BCUT2D eigenvalue weighted by Gasteiger charge is -2.26. The summed E-state index contributed by atoms with van der Waals surface area (Å²) >= 11 is 0. The number of methoxy groups -OCH3 is 2. The molecule has 164 valence electrons. The Labute approximate surface area is 190 Å². The van der Waals surface area contributed by atoms with E-state index in [1.807, 2.05) is 6.07 Å². The van der Waals surface area contributed by atoms with Crippen molar-refractivity contribution in [3.05, 3.63) is 95.1 Å². The third-order valence-corrected chi connectivity index (χ3v) is 5.51. The van der Waals surface area contributed by atoms with Crippen LogP contribution in [0.2, 0.25) is 0 Å². The number of benzene rings is 3. The molecule has 0 radical (unpaired) electrons. The van der Waals surface area contributed by atoms with Gasteiger partial charge in [-0.2, -0.15) is 5.26 Å². The Balaban J connectivity index is 2.00. The normalized spacial score (nSPS) is 17.0. The van der Waals surface area contributed by atoms with Gasteiger partial charge in [0, 0.05) is 11.3 Å². The molecule has 1 unspecified atom stereocenters. The van der Waals surface area contributed by atoms with E-state index in [2.05, 4.69) is 0 Å². The van der Waals surface area contributed by atoms with E-state index in [0.29, 0.717) is 28.3 Å². The summed E-state index contributed by atoms with van der Waals surface area (Å²) in [4.78, 5) is 27.8. The molecule has 1 atom stereocenters. The van der Waals surface area contributed by atoms with Crippen LogP contribution in [-0.2, 0) is 9.59 Å². The van der Waals surface area contributed by atoms with Crippen LogP contribution in [0.5, 0.6) is 11.5 Å². The van der Waals surface area contributed by atoms with Gasteiger partial charge in [-0.15, -0.1) is 0 Å². The van der Waals surface area contributed by atoms with Crippen molar-refractivity contribution in [3.63, 3.8) is 0 Å². The predicted molar refractivity (Wildman–Crippen MR) is 122 cm³/mol. The van der Waals surface area contributed by atoms with Crippen LogP contribution in [0.3, 0.4) is 0 Å². The van der Waals surface area contributed by atoms with E-state index in [1.54, 1.807) is 72.8 Å². The monoisotopic (exact) mass is 440 g/mol. The van der Waals surface area contributed by atoms with Gasteiger partial charge in [-0.25, -0.2) is 0 Å².